The van der Waals surface area contributed by atoms with Crippen LogP contribution in [0.2, 0.25) is 10.0 Å². The zero-order chi connectivity index (χ0) is 13.8. The zero-order valence-corrected chi connectivity index (χ0v) is 13.1. The Balaban J connectivity index is 2.08. The molecule has 0 aliphatic carbocycles. The second kappa shape index (κ2) is 6.66. The van der Waals surface area contributed by atoms with E-state index in [1.807, 2.05) is 12.1 Å². The van der Waals surface area contributed by atoms with Gasteiger partial charge < -0.3 is 5.32 Å². The lowest BCUT2D eigenvalue weighted by molar-refractivity contribution is 0.588. The van der Waals surface area contributed by atoms with Crippen LogP contribution in [-0.2, 0) is 6.42 Å². The number of aromatic nitrogens is 2. The summed E-state index contributed by atoms with van der Waals surface area (Å²) in [5.74, 6) is 0. The summed E-state index contributed by atoms with van der Waals surface area (Å²) in [6.07, 6.45) is 0.876. The lowest BCUT2D eigenvalue weighted by Crippen LogP contribution is -2.24. The summed E-state index contributed by atoms with van der Waals surface area (Å²) in [4.78, 5) is 0. The summed E-state index contributed by atoms with van der Waals surface area (Å²) in [5.41, 5.74) is 0.881. The molecule has 2 rings (SSSR count). The fraction of sp³-hybridized carbons (Fsp3) is 0.385. The first-order valence-electron chi connectivity index (χ1n) is 6.07. The highest BCUT2D eigenvalue weighted by molar-refractivity contribution is 7.14. The summed E-state index contributed by atoms with van der Waals surface area (Å²) < 4.78 is 0. The first-order chi connectivity index (χ1) is 9.06. The minimum Gasteiger partial charge on any atom is -0.314 e. The molecule has 19 heavy (non-hydrogen) atoms. The molecule has 0 fully saturated rings. The van der Waals surface area contributed by atoms with Crippen LogP contribution < -0.4 is 5.32 Å². The van der Waals surface area contributed by atoms with E-state index in [-0.39, 0.29) is 0 Å². The standard InChI is InChI=1S/C13H15Cl2N3S/c1-8(2)16-6-5-12-17-18-13(19-12)10-4-3-9(14)7-11(10)15/h3-4,7-8,16H,5-6H2,1-2H3. The number of hydrogen-bond acceptors (Lipinski definition) is 4. The van der Waals surface area contributed by atoms with Gasteiger partial charge in [0.05, 0.1) is 5.02 Å². The van der Waals surface area contributed by atoms with E-state index in [1.165, 1.54) is 0 Å². The van der Waals surface area contributed by atoms with Gasteiger partial charge in [0.25, 0.3) is 0 Å². The average molecular weight is 316 g/mol. The summed E-state index contributed by atoms with van der Waals surface area (Å²) in [5, 5.41) is 14.8. The smallest absolute Gasteiger partial charge is 0.149 e. The molecule has 1 aromatic heterocycles. The fourth-order valence-electron chi connectivity index (χ4n) is 1.59. The maximum Gasteiger partial charge on any atom is 0.149 e. The number of benzene rings is 1. The maximum absolute atomic E-state index is 6.16. The summed E-state index contributed by atoms with van der Waals surface area (Å²) in [7, 11) is 0. The van der Waals surface area contributed by atoms with E-state index in [4.69, 9.17) is 23.2 Å². The van der Waals surface area contributed by atoms with E-state index in [0.717, 1.165) is 28.5 Å². The second-order valence-electron chi connectivity index (χ2n) is 4.48. The van der Waals surface area contributed by atoms with Crippen molar-refractivity contribution in [1.82, 2.24) is 15.5 Å². The van der Waals surface area contributed by atoms with Crippen molar-refractivity contribution in [3.8, 4) is 10.6 Å². The van der Waals surface area contributed by atoms with Crippen LogP contribution in [0.3, 0.4) is 0 Å². The predicted molar refractivity (Wildman–Crippen MR) is 82.2 cm³/mol. The molecule has 0 saturated heterocycles. The SMILES string of the molecule is CC(C)NCCc1nnc(-c2ccc(Cl)cc2Cl)s1. The maximum atomic E-state index is 6.16. The van der Waals surface area contributed by atoms with Crippen molar-refractivity contribution in [2.24, 2.45) is 0 Å². The summed E-state index contributed by atoms with van der Waals surface area (Å²) in [6.45, 7) is 5.15. The molecule has 0 saturated carbocycles. The summed E-state index contributed by atoms with van der Waals surface area (Å²) in [6, 6.07) is 5.89. The number of nitrogens with one attached hydrogen (secondary N) is 1. The van der Waals surface area contributed by atoms with Crippen LogP contribution in [-0.4, -0.2) is 22.8 Å². The van der Waals surface area contributed by atoms with Gasteiger partial charge in [-0.15, -0.1) is 10.2 Å². The number of rotatable bonds is 5. The second-order valence-corrected chi connectivity index (χ2v) is 6.39. The molecule has 6 heteroatoms. The van der Waals surface area contributed by atoms with Crippen molar-refractivity contribution in [2.75, 3.05) is 6.54 Å². The van der Waals surface area contributed by atoms with Crippen molar-refractivity contribution < 1.29 is 0 Å². The van der Waals surface area contributed by atoms with Crippen LogP contribution >= 0.6 is 34.5 Å². The van der Waals surface area contributed by atoms with E-state index < -0.39 is 0 Å². The Morgan fingerprint density at radius 2 is 2.05 bits per heavy atom. The van der Waals surface area contributed by atoms with Gasteiger partial charge in [-0.2, -0.15) is 0 Å². The van der Waals surface area contributed by atoms with Crippen molar-refractivity contribution in [3.63, 3.8) is 0 Å². The third-order valence-electron chi connectivity index (χ3n) is 2.52. The first-order valence-corrected chi connectivity index (χ1v) is 7.64. The van der Waals surface area contributed by atoms with Crippen LogP contribution in [0, 0.1) is 0 Å². The van der Waals surface area contributed by atoms with E-state index in [1.54, 1.807) is 17.4 Å². The lowest BCUT2D eigenvalue weighted by atomic mass is 10.2. The molecule has 0 spiro atoms. The molecule has 0 bridgehead atoms. The molecule has 0 unspecified atom stereocenters. The molecule has 0 amide bonds. The third-order valence-corrected chi connectivity index (χ3v) is 4.08. The highest BCUT2D eigenvalue weighted by Crippen LogP contribution is 2.32. The van der Waals surface area contributed by atoms with Crippen LogP contribution in [0.25, 0.3) is 10.6 Å². The quantitative estimate of drug-likeness (QED) is 0.904. The Morgan fingerprint density at radius 1 is 1.26 bits per heavy atom. The van der Waals surface area contributed by atoms with Crippen LogP contribution in [0.1, 0.15) is 18.9 Å². The number of halogens is 2. The van der Waals surface area contributed by atoms with Crippen LogP contribution in [0.4, 0.5) is 0 Å². The van der Waals surface area contributed by atoms with E-state index in [2.05, 4.69) is 29.4 Å². The van der Waals surface area contributed by atoms with Gasteiger partial charge >= 0.3 is 0 Å². The fourth-order valence-corrected chi connectivity index (χ4v) is 3.03. The van der Waals surface area contributed by atoms with E-state index in [9.17, 15) is 0 Å². The molecular weight excluding hydrogens is 301 g/mol. The topological polar surface area (TPSA) is 37.8 Å². The molecule has 2 aromatic rings. The predicted octanol–water partition coefficient (Wildman–Crippen LogP) is 4.05. The third kappa shape index (κ3) is 4.14. The highest BCUT2D eigenvalue weighted by Gasteiger charge is 2.10. The average Bonchev–Trinajstić information content (AvgIpc) is 2.77. The van der Waals surface area contributed by atoms with Crippen molar-refractivity contribution in [1.29, 1.82) is 0 Å². The van der Waals surface area contributed by atoms with Gasteiger partial charge in [-0.05, 0) is 18.2 Å². The largest absolute Gasteiger partial charge is 0.314 e. The molecular formula is C13H15Cl2N3S. The van der Waals surface area contributed by atoms with Gasteiger partial charge in [-0.3, -0.25) is 0 Å². The molecule has 102 valence electrons. The number of nitrogens with zero attached hydrogens (tertiary/aromatic N) is 2. The zero-order valence-electron chi connectivity index (χ0n) is 10.8. The molecule has 0 atom stereocenters. The molecule has 1 N–H and O–H groups in total. The monoisotopic (exact) mass is 315 g/mol. The van der Waals surface area contributed by atoms with Crippen LogP contribution in [0.5, 0.6) is 0 Å². The van der Waals surface area contributed by atoms with Gasteiger partial charge in [0.15, 0.2) is 0 Å². The molecule has 1 heterocycles. The van der Waals surface area contributed by atoms with Crippen molar-refractivity contribution in [2.45, 2.75) is 26.3 Å². The minimum absolute atomic E-state index is 0.484. The highest BCUT2D eigenvalue weighted by atomic mass is 35.5. The lowest BCUT2D eigenvalue weighted by Gasteiger charge is -2.05. The van der Waals surface area contributed by atoms with Crippen molar-refractivity contribution in [3.05, 3.63) is 33.3 Å². The van der Waals surface area contributed by atoms with Crippen molar-refractivity contribution >= 4 is 34.5 Å². The van der Waals surface area contributed by atoms with Gasteiger partial charge in [0.2, 0.25) is 0 Å². The molecule has 1 aromatic carbocycles. The van der Waals surface area contributed by atoms with Gasteiger partial charge in [-0.25, -0.2) is 0 Å². The minimum atomic E-state index is 0.484. The molecule has 0 aliphatic heterocycles. The Morgan fingerprint density at radius 3 is 2.74 bits per heavy atom. The normalized spacial score (nSPS) is 11.2. The number of hydrogen-bond donors (Lipinski definition) is 1. The van der Waals surface area contributed by atoms with Gasteiger partial charge in [0, 0.05) is 29.6 Å². The van der Waals surface area contributed by atoms with E-state index >= 15 is 0 Å². The molecule has 0 aliphatic rings. The van der Waals surface area contributed by atoms with Gasteiger partial charge in [0.1, 0.15) is 10.0 Å². The molecule has 0 radical (unpaired) electrons. The van der Waals surface area contributed by atoms with Gasteiger partial charge in [-0.1, -0.05) is 48.4 Å². The Bertz CT molecular complexity index is 555. The summed E-state index contributed by atoms with van der Waals surface area (Å²) >= 11 is 13.6. The van der Waals surface area contributed by atoms with Crippen LogP contribution in [0.15, 0.2) is 18.2 Å². The van der Waals surface area contributed by atoms with E-state index in [0.29, 0.717) is 16.1 Å². The Hall–Kier alpha value is -0.680. The first kappa shape index (κ1) is 14.7. The Kier molecular flexibility index (Phi) is 5.16. The Labute approximate surface area is 127 Å². The molecule has 3 nitrogen and oxygen atoms in total.